The normalized spacial score (nSPS) is 10.1. The summed E-state index contributed by atoms with van der Waals surface area (Å²) in [5.41, 5.74) is 2.66. The summed E-state index contributed by atoms with van der Waals surface area (Å²) in [7, 11) is 0. The van der Waals surface area contributed by atoms with Crippen LogP contribution in [-0.4, -0.2) is 11.5 Å². The van der Waals surface area contributed by atoms with Gasteiger partial charge in [0.1, 0.15) is 5.52 Å². The Morgan fingerprint density at radius 3 is 3.13 bits per heavy atom. The van der Waals surface area contributed by atoms with Gasteiger partial charge in [0.15, 0.2) is 11.5 Å². The Balaban J connectivity index is 2.34. The zero-order chi connectivity index (χ0) is 10.7. The Morgan fingerprint density at radius 2 is 2.40 bits per heavy atom. The molecular formula is C12H12N2O. The minimum atomic E-state index is 0.518. The standard InChI is InChI=1S/C12H12N2O/c1-3-7-13-9-5-6-11-10(8-9)14-12(4-2)15-11/h1,5-6,8,13H,4,7H2,2H3. The number of hydrogen-bond acceptors (Lipinski definition) is 3. The van der Waals surface area contributed by atoms with Gasteiger partial charge < -0.3 is 9.73 Å². The van der Waals surface area contributed by atoms with Crippen LogP contribution in [0.1, 0.15) is 12.8 Å². The van der Waals surface area contributed by atoms with E-state index >= 15 is 0 Å². The van der Waals surface area contributed by atoms with Crippen molar-refractivity contribution in [2.75, 3.05) is 11.9 Å². The van der Waals surface area contributed by atoms with Gasteiger partial charge in [-0.1, -0.05) is 12.8 Å². The van der Waals surface area contributed by atoms with E-state index in [1.807, 2.05) is 25.1 Å². The highest BCUT2D eigenvalue weighted by atomic mass is 16.3. The first-order valence-corrected chi connectivity index (χ1v) is 4.90. The fraction of sp³-hybridized carbons (Fsp3) is 0.250. The average Bonchev–Trinajstić information content (AvgIpc) is 2.68. The third kappa shape index (κ3) is 1.94. The SMILES string of the molecule is C#CCNc1ccc2oc(CC)nc2c1. The van der Waals surface area contributed by atoms with Gasteiger partial charge in [0.05, 0.1) is 6.54 Å². The third-order valence-electron chi connectivity index (χ3n) is 2.13. The van der Waals surface area contributed by atoms with Crippen molar-refractivity contribution in [1.82, 2.24) is 4.98 Å². The van der Waals surface area contributed by atoms with Crippen molar-refractivity contribution in [3.8, 4) is 12.3 Å². The number of anilines is 1. The van der Waals surface area contributed by atoms with Crippen LogP contribution in [0.5, 0.6) is 0 Å². The quantitative estimate of drug-likeness (QED) is 0.773. The second-order valence-corrected chi connectivity index (χ2v) is 3.20. The molecule has 0 atom stereocenters. The number of nitrogens with one attached hydrogen (secondary N) is 1. The number of terminal acetylenes is 1. The zero-order valence-electron chi connectivity index (χ0n) is 8.58. The lowest BCUT2D eigenvalue weighted by Gasteiger charge is -2.00. The number of oxazole rings is 1. The van der Waals surface area contributed by atoms with Gasteiger partial charge in [-0.15, -0.1) is 6.42 Å². The number of hydrogen-bond donors (Lipinski definition) is 1. The monoisotopic (exact) mass is 200 g/mol. The summed E-state index contributed by atoms with van der Waals surface area (Å²) < 4.78 is 5.50. The minimum Gasteiger partial charge on any atom is -0.441 e. The lowest BCUT2D eigenvalue weighted by Crippen LogP contribution is -1.97. The second kappa shape index (κ2) is 4.05. The predicted octanol–water partition coefficient (Wildman–Crippen LogP) is 2.44. The van der Waals surface area contributed by atoms with E-state index in [4.69, 9.17) is 10.8 Å². The molecule has 76 valence electrons. The van der Waals surface area contributed by atoms with Crippen molar-refractivity contribution < 1.29 is 4.42 Å². The number of rotatable bonds is 3. The molecule has 3 nitrogen and oxygen atoms in total. The van der Waals surface area contributed by atoms with Crippen molar-refractivity contribution >= 4 is 16.8 Å². The lowest BCUT2D eigenvalue weighted by molar-refractivity contribution is 0.538. The summed E-state index contributed by atoms with van der Waals surface area (Å²) in [5.74, 6) is 3.29. The van der Waals surface area contributed by atoms with E-state index in [0.29, 0.717) is 6.54 Å². The van der Waals surface area contributed by atoms with E-state index < -0.39 is 0 Å². The van der Waals surface area contributed by atoms with Crippen LogP contribution in [0.2, 0.25) is 0 Å². The van der Waals surface area contributed by atoms with Crippen LogP contribution in [0.15, 0.2) is 22.6 Å². The molecule has 1 N–H and O–H groups in total. The molecule has 0 saturated carbocycles. The molecule has 0 fully saturated rings. The van der Waals surface area contributed by atoms with Gasteiger partial charge in [-0.2, -0.15) is 0 Å². The van der Waals surface area contributed by atoms with Crippen LogP contribution in [-0.2, 0) is 6.42 Å². The molecule has 2 aromatic rings. The first kappa shape index (κ1) is 9.60. The van der Waals surface area contributed by atoms with E-state index in [-0.39, 0.29) is 0 Å². The molecule has 1 aromatic carbocycles. The molecule has 0 saturated heterocycles. The minimum absolute atomic E-state index is 0.518. The molecular weight excluding hydrogens is 188 g/mol. The maximum absolute atomic E-state index is 5.50. The van der Waals surface area contributed by atoms with Crippen molar-refractivity contribution in [3.63, 3.8) is 0 Å². The van der Waals surface area contributed by atoms with Gasteiger partial charge in [-0.05, 0) is 18.2 Å². The largest absolute Gasteiger partial charge is 0.441 e. The molecule has 0 spiro atoms. The van der Waals surface area contributed by atoms with E-state index in [1.165, 1.54) is 0 Å². The van der Waals surface area contributed by atoms with E-state index in [2.05, 4.69) is 16.2 Å². The number of aryl methyl sites for hydroxylation is 1. The van der Waals surface area contributed by atoms with Crippen molar-refractivity contribution in [2.45, 2.75) is 13.3 Å². The van der Waals surface area contributed by atoms with E-state index in [0.717, 1.165) is 29.1 Å². The highest BCUT2D eigenvalue weighted by Gasteiger charge is 2.03. The highest BCUT2D eigenvalue weighted by molar-refractivity contribution is 5.77. The Bertz CT molecular complexity index is 508. The lowest BCUT2D eigenvalue weighted by atomic mass is 10.3. The number of aromatic nitrogens is 1. The van der Waals surface area contributed by atoms with Crippen LogP contribution in [0.4, 0.5) is 5.69 Å². The maximum atomic E-state index is 5.50. The Kier molecular flexibility index (Phi) is 2.59. The summed E-state index contributed by atoms with van der Waals surface area (Å²) in [4.78, 5) is 4.34. The van der Waals surface area contributed by atoms with E-state index in [9.17, 15) is 0 Å². The van der Waals surface area contributed by atoms with Crippen LogP contribution in [0.3, 0.4) is 0 Å². The number of nitrogens with zero attached hydrogens (tertiary/aromatic N) is 1. The van der Waals surface area contributed by atoms with E-state index in [1.54, 1.807) is 0 Å². The van der Waals surface area contributed by atoms with Gasteiger partial charge in [0.25, 0.3) is 0 Å². The molecule has 1 heterocycles. The first-order valence-electron chi connectivity index (χ1n) is 4.90. The van der Waals surface area contributed by atoms with Crippen LogP contribution in [0, 0.1) is 12.3 Å². The summed E-state index contributed by atoms with van der Waals surface area (Å²) in [5, 5.41) is 3.10. The summed E-state index contributed by atoms with van der Waals surface area (Å²) in [6.45, 7) is 2.53. The van der Waals surface area contributed by atoms with Crippen molar-refractivity contribution in [2.24, 2.45) is 0 Å². The maximum Gasteiger partial charge on any atom is 0.195 e. The molecule has 0 bridgehead atoms. The van der Waals surface area contributed by atoms with Gasteiger partial charge in [-0.3, -0.25) is 0 Å². The molecule has 15 heavy (non-hydrogen) atoms. The topological polar surface area (TPSA) is 38.1 Å². The van der Waals surface area contributed by atoms with Gasteiger partial charge in [0, 0.05) is 12.1 Å². The van der Waals surface area contributed by atoms with Gasteiger partial charge in [-0.25, -0.2) is 4.98 Å². The van der Waals surface area contributed by atoms with Crippen molar-refractivity contribution in [3.05, 3.63) is 24.1 Å². The summed E-state index contributed by atoms with van der Waals surface area (Å²) in [6, 6.07) is 5.78. The fourth-order valence-corrected chi connectivity index (χ4v) is 1.39. The van der Waals surface area contributed by atoms with Gasteiger partial charge in [0.2, 0.25) is 0 Å². The third-order valence-corrected chi connectivity index (χ3v) is 2.13. The van der Waals surface area contributed by atoms with Crippen LogP contribution >= 0.6 is 0 Å². The second-order valence-electron chi connectivity index (χ2n) is 3.20. The molecule has 0 radical (unpaired) electrons. The van der Waals surface area contributed by atoms with Gasteiger partial charge >= 0.3 is 0 Å². The molecule has 0 unspecified atom stereocenters. The zero-order valence-corrected chi connectivity index (χ0v) is 8.58. The van der Waals surface area contributed by atoms with Crippen molar-refractivity contribution in [1.29, 1.82) is 0 Å². The fourth-order valence-electron chi connectivity index (χ4n) is 1.39. The summed E-state index contributed by atoms with van der Waals surface area (Å²) >= 11 is 0. The Labute approximate surface area is 88.5 Å². The average molecular weight is 200 g/mol. The van der Waals surface area contributed by atoms with Crippen LogP contribution in [0.25, 0.3) is 11.1 Å². The highest BCUT2D eigenvalue weighted by Crippen LogP contribution is 2.19. The molecule has 0 amide bonds. The molecule has 0 aliphatic rings. The first-order chi connectivity index (χ1) is 7.33. The molecule has 2 rings (SSSR count). The molecule has 1 aromatic heterocycles. The molecule has 0 aliphatic heterocycles. The number of fused-ring (bicyclic) bond motifs is 1. The van der Waals surface area contributed by atoms with Crippen LogP contribution < -0.4 is 5.32 Å². The Hall–Kier alpha value is -1.95. The Morgan fingerprint density at radius 1 is 1.53 bits per heavy atom. The smallest absolute Gasteiger partial charge is 0.195 e. The molecule has 3 heteroatoms. The molecule has 0 aliphatic carbocycles. The summed E-state index contributed by atoms with van der Waals surface area (Å²) in [6.07, 6.45) is 5.98. The number of benzene rings is 1. The predicted molar refractivity (Wildman–Crippen MR) is 60.7 cm³/mol.